The van der Waals surface area contributed by atoms with Gasteiger partial charge in [-0.2, -0.15) is 0 Å². The summed E-state index contributed by atoms with van der Waals surface area (Å²) >= 11 is 0. The van der Waals surface area contributed by atoms with Gasteiger partial charge in [-0.15, -0.1) is 0 Å². The number of nitrogens with zero attached hydrogens (tertiary/aromatic N) is 1. The summed E-state index contributed by atoms with van der Waals surface area (Å²) in [5.74, 6) is -0.257. The molecule has 0 aliphatic heterocycles. The Morgan fingerprint density at radius 2 is 1.94 bits per heavy atom. The van der Waals surface area contributed by atoms with Crippen molar-refractivity contribution in [2.45, 2.75) is 27.7 Å². The first-order valence-electron chi connectivity index (χ1n) is 5.86. The molecular weight excluding hydrogens is 215 g/mol. The lowest BCUT2D eigenvalue weighted by Crippen LogP contribution is -2.04. The number of benzene rings is 1. The van der Waals surface area contributed by atoms with Crippen LogP contribution in [0.4, 0.5) is 10.1 Å². The topological polar surface area (TPSA) is 24.9 Å². The van der Waals surface area contributed by atoms with E-state index in [4.69, 9.17) is 0 Å². The molecule has 2 aromatic rings. The van der Waals surface area contributed by atoms with Crippen LogP contribution in [0.15, 0.2) is 12.1 Å². The standard InChI is InChI=1S/C14H17FN2/c1-5-16-13-9(3)10(4)17-14-11(15)7-6-8(2)12(13)14/h6-7H,5H2,1-4H3,(H,16,17). The summed E-state index contributed by atoms with van der Waals surface area (Å²) in [5, 5.41) is 4.22. The molecule has 0 aliphatic carbocycles. The number of hydrogen-bond donors (Lipinski definition) is 1. The maximum Gasteiger partial charge on any atom is 0.149 e. The lowest BCUT2D eigenvalue weighted by molar-refractivity contribution is 0.636. The van der Waals surface area contributed by atoms with Gasteiger partial charge in [0.25, 0.3) is 0 Å². The molecule has 90 valence electrons. The molecule has 1 N–H and O–H groups in total. The van der Waals surface area contributed by atoms with Crippen molar-refractivity contribution in [2.75, 3.05) is 11.9 Å². The van der Waals surface area contributed by atoms with Crippen molar-refractivity contribution >= 4 is 16.6 Å². The number of rotatable bonds is 2. The van der Waals surface area contributed by atoms with E-state index in [0.717, 1.165) is 34.4 Å². The average molecular weight is 232 g/mol. The fourth-order valence-corrected chi connectivity index (χ4v) is 2.11. The van der Waals surface area contributed by atoms with Crippen molar-refractivity contribution in [2.24, 2.45) is 0 Å². The molecular formula is C14H17FN2. The average Bonchev–Trinajstić information content (AvgIpc) is 2.30. The van der Waals surface area contributed by atoms with Crippen molar-refractivity contribution < 1.29 is 4.39 Å². The van der Waals surface area contributed by atoms with Crippen LogP contribution in [0.2, 0.25) is 0 Å². The third-order valence-corrected chi connectivity index (χ3v) is 3.14. The van der Waals surface area contributed by atoms with Crippen LogP contribution in [0.3, 0.4) is 0 Å². The van der Waals surface area contributed by atoms with Gasteiger partial charge in [0.15, 0.2) is 0 Å². The fraction of sp³-hybridized carbons (Fsp3) is 0.357. The molecule has 0 bridgehead atoms. The smallest absolute Gasteiger partial charge is 0.149 e. The van der Waals surface area contributed by atoms with Crippen LogP contribution in [0.1, 0.15) is 23.7 Å². The summed E-state index contributed by atoms with van der Waals surface area (Å²) in [7, 11) is 0. The molecule has 1 heterocycles. The van der Waals surface area contributed by atoms with Crippen LogP contribution in [-0.4, -0.2) is 11.5 Å². The Morgan fingerprint density at radius 1 is 1.24 bits per heavy atom. The fourth-order valence-electron chi connectivity index (χ4n) is 2.11. The SMILES string of the molecule is CCNc1c(C)c(C)nc2c(F)ccc(C)c12. The Bertz CT molecular complexity index is 576. The van der Waals surface area contributed by atoms with E-state index in [-0.39, 0.29) is 5.82 Å². The van der Waals surface area contributed by atoms with Crippen LogP contribution < -0.4 is 5.32 Å². The summed E-state index contributed by atoms with van der Waals surface area (Å²) in [6.07, 6.45) is 0. The predicted molar refractivity (Wildman–Crippen MR) is 70.1 cm³/mol. The van der Waals surface area contributed by atoms with E-state index in [9.17, 15) is 4.39 Å². The minimum atomic E-state index is -0.257. The van der Waals surface area contributed by atoms with Crippen molar-refractivity contribution in [1.29, 1.82) is 0 Å². The van der Waals surface area contributed by atoms with Crippen LogP contribution in [0.5, 0.6) is 0 Å². The van der Waals surface area contributed by atoms with Gasteiger partial charge in [-0.05, 0) is 44.9 Å². The number of hydrogen-bond acceptors (Lipinski definition) is 2. The van der Waals surface area contributed by atoms with E-state index in [1.165, 1.54) is 6.07 Å². The van der Waals surface area contributed by atoms with Gasteiger partial charge in [0.2, 0.25) is 0 Å². The molecule has 0 spiro atoms. The molecule has 0 fully saturated rings. The van der Waals surface area contributed by atoms with Crippen molar-refractivity contribution in [3.05, 3.63) is 34.8 Å². The van der Waals surface area contributed by atoms with Crippen LogP contribution in [0, 0.1) is 26.6 Å². The predicted octanol–water partition coefficient (Wildman–Crippen LogP) is 3.73. The second-order valence-electron chi connectivity index (χ2n) is 4.32. The van der Waals surface area contributed by atoms with Crippen molar-refractivity contribution in [1.82, 2.24) is 4.98 Å². The monoisotopic (exact) mass is 232 g/mol. The molecule has 2 nitrogen and oxygen atoms in total. The Labute approximate surface area is 101 Å². The van der Waals surface area contributed by atoms with E-state index in [1.54, 1.807) is 6.07 Å². The summed E-state index contributed by atoms with van der Waals surface area (Å²) in [6.45, 7) is 8.77. The van der Waals surface area contributed by atoms with E-state index in [0.29, 0.717) is 5.52 Å². The third-order valence-electron chi connectivity index (χ3n) is 3.14. The highest BCUT2D eigenvalue weighted by Gasteiger charge is 2.13. The molecule has 2 rings (SSSR count). The van der Waals surface area contributed by atoms with Gasteiger partial charge in [-0.25, -0.2) is 9.37 Å². The first kappa shape index (κ1) is 11.8. The number of pyridine rings is 1. The summed E-state index contributed by atoms with van der Waals surface area (Å²) in [6, 6.07) is 3.28. The maximum absolute atomic E-state index is 13.8. The van der Waals surface area contributed by atoms with E-state index in [1.807, 2.05) is 27.7 Å². The zero-order valence-electron chi connectivity index (χ0n) is 10.7. The van der Waals surface area contributed by atoms with Crippen LogP contribution >= 0.6 is 0 Å². The molecule has 0 unspecified atom stereocenters. The number of aryl methyl sites for hydroxylation is 2. The summed E-state index contributed by atoms with van der Waals surface area (Å²) in [5.41, 5.74) is 4.48. The van der Waals surface area contributed by atoms with Gasteiger partial charge in [-0.1, -0.05) is 6.07 Å². The molecule has 0 radical (unpaired) electrons. The molecule has 3 heteroatoms. The van der Waals surface area contributed by atoms with Gasteiger partial charge < -0.3 is 5.32 Å². The quantitative estimate of drug-likeness (QED) is 0.853. The molecule has 0 saturated carbocycles. The van der Waals surface area contributed by atoms with E-state index in [2.05, 4.69) is 10.3 Å². The number of anilines is 1. The minimum Gasteiger partial charge on any atom is -0.384 e. The molecule has 17 heavy (non-hydrogen) atoms. The Kier molecular flexibility index (Phi) is 3.01. The molecule has 1 aromatic heterocycles. The third kappa shape index (κ3) is 1.86. The minimum absolute atomic E-state index is 0.257. The molecule has 0 saturated heterocycles. The molecule has 0 amide bonds. The van der Waals surface area contributed by atoms with Gasteiger partial charge in [-0.3, -0.25) is 0 Å². The number of nitrogens with one attached hydrogen (secondary N) is 1. The van der Waals surface area contributed by atoms with Crippen molar-refractivity contribution in [3.63, 3.8) is 0 Å². The van der Waals surface area contributed by atoms with Gasteiger partial charge in [0, 0.05) is 23.3 Å². The maximum atomic E-state index is 13.8. The Balaban J connectivity index is 2.92. The number of fused-ring (bicyclic) bond motifs is 1. The highest BCUT2D eigenvalue weighted by atomic mass is 19.1. The highest BCUT2D eigenvalue weighted by molar-refractivity contribution is 5.96. The Morgan fingerprint density at radius 3 is 2.59 bits per heavy atom. The second-order valence-corrected chi connectivity index (χ2v) is 4.32. The normalized spacial score (nSPS) is 10.9. The lowest BCUT2D eigenvalue weighted by atomic mass is 10.0. The summed E-state index contributed by atoms with van der Waals surface area (Å²) < 4.78 is 13.8. The first-order chi connectivity index (χ1) is 8.06. The lowest BCUT2D eigenvalue weighted by Gasteiger charge is -2.15. The van der Waals surface area contributed by atoms with Crippen LogP contribution in [0.25, 0.3) is 10.9 Å². The van der Waals surface area contributed by atoms with Gasteiger partial charge in [0.1, 0.15) is 11.3 Å². The van der Waals surface area contributed by atoms with Gasteiger partial charge in [0.05, 0.1) is 0 Å². The van der Waals surface area contributed by atoms with Crippen molar-refractivity contribution in [3.8, 4) is 0 Å². The largest absolute Gasteiger partial charge is 0.384 e. The number of aromatic nitrogens is 1. The molecule has 1 aromatic carbocycles. The van der Waals surface area contributed by atoms with E-state index >= 15 is 0 Å². The Hall–Kier alpha value is -1.64. The molecule has 0 aliphatic rings. The van der Waals surface area contributed by atoms with Gasteiger partial charge >= 0.3 is 0 Å². The zero-order valence-corrected chi connectivity index (χ0v) is 10.7. The molecule has 0 atom stereocenters. The first-order valence-corrected chi connectivity index (χ1v) is 5.86. The summed E-state index contributed by atoms with van der Waals surface area (Å²) in [4.78, 5) is 4.36. The second kappa shape index (κ2) is 4.32. The number of halogens is 1. The van der Waals surface area contributed by atoms with E-state index < -0.39 is 0 Å². The zero-order chi connectivity index (χ0) is 12.6. The highest BCUT2D eigenvalue weighted by Crippen LogP contribution is 2.31. The van der Waals surface area contributed by atoms with Crippen LogP contribution in [-0.2, 0) is 0 Å².